The molecule has 0 spiro atoms. The van der Waals surface area contributed by atoms with Gasteiger partial charge in [0.15, 0.2) is 0 Å². The van der Waals surface area contributed by atoms with Crippen LogP contribution in [0.1, 0.15) is 29.7 Å². The van der Waals surface area contributed by atoms with Gasteiger partial charge in [-0.05, 0) is 55.3 Å². The van der Waals surface area contributed by atoms with E-state index in [1.807, 2.05) is 36.4 Å². The molecule has 2 rings (SSSR count). The molecule has 2 aromatic carbocycles. The predicted octanol–water partition coefficient (Wildman–Crippen LogP) is 3.46. The van der Waals surface area contributed by atoms with Crippen LogP contribution in [0.5, 0.6) is 5.75 Å². The molecule has 108 valence electrons. The number of hydrogen-bond acceptors (Lipinski definition) is 3. The van der Waals surface area contributed by atoms with Gasteiger partial charge >= 0.3 is 0 Å². The quantitative estimate of drug-likeness (QED) is 0.881. The topological polar surface area (TPSA) is 45.0 Å². The summed E-state index contributed by atoms with van der Waals surface area (Å²) in [5.74, 6) is 0.887. The molecule has 1 unspecified atom stereocenters. The molecule has 3 heteroatoms. The Kier molecular flexibility index (Phi) is 5.36. The third-order valence-electron chi connectivity index (χ3n) is 3.56. The van der Waals surface area contributed by atoms with Gasteiger partial charge in [-0.25, -0.2) is 0 Å². The average molecular weight is 280 g/mol. The average Bonchev–Trinajstić information content (AvgIpc) is 2.55. The molecular weight excluding hydrogens is 260 g/mol. The first kappa shape index (κ1) is 15.1. The van der Waals surface area contributed by atoms with Gasteiger partial charge in [0.25, 0.3) is 0 Å². The molecule has 0 saturated carbocycles. The Morgan fingerprint density at radius 1 is 1.10 bits per heavy atom. The molecule has 1 N–H and O–H groups in total. The van der Waals surface area contributed by atoms with Crippen molar-refractivity contribution >= 4 is 0 Å². The van der Waals surface area contributed by atoms with Crippen molar-refractivity contribution in [3.8, 4) is 11.8 Å². The second-order valence-electron chi connectivity index (χ2n) is 5.01. The lowest BCUT2D eigenvalue weighted by atomic mass is 10.1. The van der Waals surface area contributed by atoms with Crippen molar-refractivity contribution in [2.75, 3.05) is 13.7 Å². The van der Waals surface area contributed by atoms with Gasteiger partial charge in [-0.2, -0.15) is 5.26 Å². The summed E-state index contributed by atoms with van der Waals surface area (Å²) in [6.45, 7) is 3.04. The normalized spacial score (nSPS) is 11.7. The maximum Gasteiger partial charge on any atom is 0.118 e. The standard InChI is InChI=1S/C18H20N2O/c1-14(17-7-3-16(13-19)4-8-17)20-12-11-15-5-9-18(21-2)10-6-15/h3-10,14,20H,11-12H2,1-2H3. The van der Waals surface area contributed by atoms with Gasteiger partial charge in [-0.3, -0.25) is 0 Å². The number of rotatable bonds is 6. The SMILES string of the molecule is COc1ccc(CCNC(C)c2ccc(C#N)cc2)cc1. The van der Waals surface area contributed by atoms with E-state index in [0.717, 1.165) is 18.7 Å². The molecule has 21 heavy (non-hydrogen) atoms. The van der Waals surface area contributed by atoms with Gasteiger partial charge in [0.05, 0.1) is 18.7 Å². The highest BCUT2D eigenvalue weighted by Crippen LogP contribution is 2.14. The zero-order valence-corrected chi connectivity index (χ0v) is 12.5. The summed E-state index contributed by atoms with van der Waals surface area (Å²) in [6.07, 6.45) is 0.977. The largest absolute Gasteiger partial charge is 0.497 e. The van der Waals surface area contributed by atoms with Gasteiger partial charge in [-0.1, -0.05) is 24.3 Å². The molecule has 0 fully saturated rings. The molecule has 0 heterocycles. The van der Waals surface area contributed by atoms with E-state index in [2.05, 4.69) is 30.4 Å². The van der Waals surface area contributed by atoms with Crippen molar-refractivity contribution in [1.82, 2.24) is 5.32 Å². The van der Waals surface area contributed by atoms with Crippen LogP contribution in [-0.4, -0.2) is 13.7 Å². The zero-order valence-electron chi connectivity index (χ0n) is 12.5. The summed E-state index contributed by atoms with van der Waals surface area (Å²) in [5.41, 5.74) is 3.18. The van der Waals surface area contributed by atoms with Crippen LogP contribution < -0.4 is 10.1 Å². The number of benzene rings is 2. The zero-order chi connectivity index (χ0) is 15.1. The number of ether oxygens (including phenoxy) is 1. The van der Waals surface area contributed by atoms with E-state index >= 15 is 0 Å². The third-order valence-corrected chi connectivity index (χ3v) is 3.56. The molecule has 0 bridgehead atoms. The van der Waals surface area contributed by atoms with Gasteiger partial charge in [0.2, 0.25) is 0 Å². The van der Waals surface area contributed by atoms with Crippen LogP contribution in [-0.2, 0) is 6.42 Å². The van der Waals surface area contributed by atoms with E-state index in [0.29, 0.717) is 5.56 Å². The van der Waals surface area contributed by atoms with E-state index in [-0.39, 0.29) is 6.04 Å². The number of hydrogen-bond donors (Lipinski definition) is 1. The summed E-state index contributed by atoms with van der Waals surface area (Å²) < 4.78 is 5.15. The molecule has 1 atom stereocenters. The Morgan fingerprint density at radius 3 is 2.33 bits per heavy atom. The van der Waals surface area contributed by atoms with E-state index in [9.17, 15) is 0 Å². The second-order valence-corrected chi connectivity index (χ2v) is 5.01. The summed E-state index contributed by atoms with van der Waals surface area (Å²) >= 11 is 0. The lowest BCUT2D eigenvalue weighted by Gasteiger charge is -2.14. The minimum absolute atomic E-state index is 0.274. The summed E-state index contributed by atoms with van der Waals surface area (Å²) in [6, 6.07) is 18.3. The molecule has 0 aliphatic carbocycles. The highest BCUT2D eigenvalue weighted by Gasteiger charge is 2.04. The van der Waals surface area contributed by atoms with Crippen molar-refractivity contribution in [3.05, 3.63) is 65.2 Å². The van der Waals surface area contributed by atoms with Crippen molar-refractivity contribution in [3.63, 3.8) is 0 Å². The van der Waals surface area contributed by atoms with Crippen molar-refractivity contribution < 1.29 is 4.74 Å². The van der Waals surface area contributed by atoms with E-state index in [1.54, 1.807) is 7.11 Å². The lowest BCUT2D eigenvalue weighted by Crippen LogP contribution is -2.21. The first-order valence-corrected chi connectivity index (χ1v) is 7.09. The van der Waals surface area contributed by atoms with E-state index in [4.69, 9.17) is 10.00 Å². The van der Waals surface area contributed by atoms with Crippen LogP contribution in [0.2, 0.25) is 0 Å². The monoisotopic (exact) mass is 280 g/mol. The molecule has 2 aromatic rings. The summed E-state index contributed by atoms with van der Waals surface area (Å²) in [7, 11) is 1.68. The van der Waals surface area contributed by atoms with Crippen LogP contribution in [0.25, 0.3) is 0 Å². The number of nitriles is 1. The van der Waals surface area contributed by atoms with Crippen LogP contribution in [0.4, 0.5) is 0 Å². The number of nitrogens with zero attached hydrogens (tertiary/aromatic N) is 1. The van der Waals surface area contributed by atoms with Crippen LogP contribution in [0.3, 0.4) is 0 Å². The number of nitrogens with one attached hydrogen (secondary N) is 1. The Balaban J connectivity index is 1.82. The molecule has 0 radical (unpaired) electrons. The molecule has 0 aromatic heterocycles. The first-order valence-electron chi connectivity index (χ1n) is 7.09. The first-order chi connectivity index (χ1) is 10.2. The minimum atomic E-state index is 0.274. The van der Waals surface area contributed by atoms with Gasteiger partial charge in [0.1, 0.15) is 5.75 Å². The summed E-state index contributed by atoms with van der Waals surface area (Å²) in [4.78, 5) is 0. The van der Waals surface area contributed by atoms with Gasteiger partial charge < -0.3 is 10.1 Å². The van der Waals surface area contributed by atoms with Crippen LogP contribution in [0, 0.1) is 11.3 Å². The van der Waals surface area contributed by atoms with Crippen LogP contribution >= 0.6 is 0 Å². The minimum Gasteiger partial charge on any atom is -0.497 e. The molecule has 0 saturated heterocycles. The van der Waals surface area contributed by atoms with Gasteiger partial charge in [0, 0.05) is 6.04 Å². The van der Waals surface area contributed by atoms with E-state index < -0.39 is 0 Å². The van der Waals surface area contributed by atoms with Crippen molar-refractivity contribution in [2.24, 2.45) is 0 Å². The molecule has 0 aliphatic rings. The van der Waals surface area contributed by atoms with E-state index in [1.165, 1.54) is 11.1 Å². The second kappa shape index (κ2) is 7.47. The van der Waals surface area contributed by atoms with Crippen molar-refractivity contribution in [1.29, 1.82) is 5.26 Å². The Hall–Kier alpha value is -2.31. The van der Waals surface area contributed by atoms with Crippen LogP contribution in [0.15, 0.2) is 48.5 Å². The molecule has 0 aliphatic heterocycles. The Labute approximate surface area is 126 Å². The van der Waals surface area contributed by atoms with Gasteiger partial charge in [-0.15, -0.1) is 0 Å². The predicted molar refractivity (Wildman–Crippen MR) is 84.3 cm³/mol. The maximum absolute atomic E-state index is 8.80. The highest BCUT2D eigenvalue weighted by atomic mass is 16.5. The Morgan fingerprint density at radius 2 is 1.76 bits per heavy atom. The third kappa shape index (κ3) is 4.34. The Bertz CT molecular complexity index is 597. The maximum atomic E-state index is 8.80. The molecular formula is C18H20N2O. The summed E-state index contributed by atoms with van der Waals surface area (Å²) in [5, 5.41) is 12.3. The smallest absolute Gasteiger partial charge is 0.118 e. The lowest BCUT2D eigenvalue weighted by molar-refractivity contribution is 0.414. The number of methoxy groups -OCH3 is 1. The molecule has 0 amide bonds. The van der Waals surface area contributed by atoms with Crippen molar-refractivity contribution in [2.45, 2.75) is 19.4 Å². The molecule has 3 nitrogen and oxygen atoms in total. The fraction of sp³-hybridized carbons (Fsp3) is 0.278. The fourth-order valence-electron chi connectivity index (χ4n) is 2.19. The highest BCUT2D eigenvalue weighted by molar-refractivity contribution is 5.32. The fourth-order valence-corrected chi connectivity index (χ4v) is 2.19.